The Morgan fingerprint density at radius 1 is 0.818 bits per heavy atom. The summed E-state index contributed by atoms with van der Waals surface area (Å²) in [6.45, 7) is 7.29. The predicted molar refractivity (Wildman–Crippen MR) is 169 cm³/mol. The summed E-state index contributed by atoms with van der Waals surface area (Å²) in [5.41, 5.74) is 5.24. The standard InChI is InChI=1S/C36H41N3O5/c1-26-31(34(40)42-3)33(30-16-10-11-19-37-30)32(27(2)38-26)35(41)44-25-24-43-23-22-39-20-17-36(18-21-39,28-12-6-4-7-13-28)29-14-8-5-9-15-29/h4-16,19,33,38H,17-18,20-25H2,1-3H3. The summed E-state index contributed by atoms with van der Waals surface area (Å²) >= 11 is 0. The van der Waals surface area contributed by atoms with E-state index in [0.717, 1.165) is 32.5 Å². The van der Waals surface area contributed by atoms with Gasteiger partial charge in [0.25, 0.3) is 0 Å². The molecule has 3 heterocycles. The third kappa shape index (κ3) is 6.77. The number of allylic oxidation sites excluding steroid dienone is 2. The normalized spacial score (nSPS) is 18.5. The first-order valence-corrected chi connectivity index (χ1v) is 15.2. The van der Waals surface area contributed by atoms with E-state index in [0.29, 0.717) is 34.8 Å². The van der Waals surface area contributed by atoms with E-state index in [-0.39, 0.29) is 18.6 Å². The van der Waals surface area contributed by atoms with E-state index in [9.17, 15) is 9.59 Å². The van der Waals surface area contributed by atoms with Gasteiger partial charge in [-0.1, -0.05) is 66.7 Å². The maximum absolute atomic E-state index is 13.3. The van der Waals surface area contributed by atoms with Crippen LogP contribution >= 0.6 is 0 Å². The largest absolute Gasteiger partial charge is 0.466 e. The van der Waals surface area contributed by atoms with Crippen LogP contribution in [0.15, 0.2) is 108 Å². The summed E-state index contributed by atoms with van der Waals surface area (Å²) in [5.74, 6) is -1.73. The van der Waals surface area contributed by atoms with Crippen LogP contribution in [0.25, 0.3) is 0 Å². The summed E-state index contributed by atoms with van der Waals surface area (Å²) in [6.07, 6.45) is 3.72. The van der Waals surface area contributed by atoms with Crippen LogP contribution in [-0.2, 0) is 29.2 Å². The van der Waals surface area contributed by atoms with Crippen molar-refractivity contribution in [3.05, 3.63) is 124 Å². The van der Waals surface area contributed by atoms with Gasteiger partial charge in [0.2, 0.25) is 0 Å². The zero-order valence-electron chi connectivity index (χ0n) is 25.8. The fourth-order valence-corrected chi connectivity index (χ4v) is 6.47. The molecule has 0 bridgehead atoms. The Bertz CT molecular complexity index is 1440. The molecule has 44 heavy (non-hydrogen) atoms. The number of piperidine rings is 1. The van der Waals surface area contributed by atoms with Gasteiger partial charge < -0.3 is 24.4 Å². The average Bonchev–Trinajstić information content (AvgIpc) is 3.07. The van der Waals surface area contributed by atoms with Crippen molar-refractivity contribution < 1.29 is 23.8 Å². The molecule has 0 saturated carbocycles. The Morgan fingerprint density at radius 2 is 1.41 bits per heavy atom. The van der Waals surface area contributed by atoms with E-state index in [1.54, 1.807) is 32.2 Å². The highest BCUT2D eigenvalue weighted by Crippen LogP contribution is 2.42. The number of aromatic nitrogens is 1. The molecule has 1 unspecified atom stereocenters. The number of nitrogens with zero attached hydrogens (tertiary/aromatic N) is 2. The molecule has 0 aliphatic carbocycles. The molecule has 0 spiro atoms. The summed E-state index contributed by atoms with van der Waals surface area (Å²) in [7, 11) is 1.32. The topological polar surface area (TPSA) is 90.0 Å². The number of methoxy groups -OCH3 is 1. The number of pyridine rings is 1. The van der Waals surface area contributed by atoms with Crippen LogP contribution < -0.4 is 5.32 Å². The lowest BCUT2D eigenvalue weighted by Gasteiger charge is -2.43. The van der Waals surface area contributed by atoms with Gasteiger partial charge in [0, 0.05) is 29.6 Å². The molecule has 2 aliphatic heterocycles. The second kappa shape index (κ2) is 14.5. The molecule has 1 N–H and O–H groups in total. The lowest BCUT2D eigenvalue weighted by molar-refractivity contribution is -0.141. The third-order valence-corrected chi connectivity index (χ3v) is 8.74. The molecule has 230 valence electrons. The van der Waals surface area contributed by atoms with Crippen molar-refractivity contribution in [2.75, 3.05) is 46.6 Å². The lowest BCUT2D eigenvalue weighted by atomic mass is 9.68. The van der Waals surface area contributed by atoms with Crippen molar-refractivity contribution in [2.45, 2.75) is 38.0 Å². The van der Waals surface area contributed by atoms with E-state index < -0.39 is 17.9 Å². The molecule has 0 amide bonds. The summed E-state index contributed by atoms with van der Waals surface area (Å²) in [5, 5.41) is 3.14. The second-order valence-electron chi connectivity index (χ2n) is 11.3. The fourth-order valence-electron chi connectivity index (χ4n) is 6.47. The van der Waals surface area contributed by atoms with E-state index in [4.69, 9.17) is 14.2 Å². The number of hydrogen-bond donors (Lipinski definition) is 1. The average molecular weight is 596 g/mol. The van der Waals surface area contributed by atoms with Crippen molar-refractivity contribution in [2.24, 2.45) is 0 Å². The number of benzene rings is 2. The van der Waals surface area contributed by atoms with Gasteiger partial charge in [-0.05, 0) is 63.0 Å². The maximum Gasteiger partial charge on any atom is 0.336 e. The molecule has 1 fully saturated rings. The number of dihydropyridines is 1. The van der Waals surface area contributed by atoms with Crippen molar-refractivity contribution in [3.63, 3.8) is 0 Å². The monoisotopic (exact) mass is 595 g/mol. The molecule has 1 atom stereocenters. The minimum Gasteiger partial charge on any atom is -0.466 e. The van der Waals surface area contributed by atoms with Crippen LogP contribution in [0.5, 0.6) is 0 Å². The van der Waals surface area contributed by atoms with Crippen LogP contribution in [0.1, 0.15) is 49.4 Å². The minimum atomic E-state index is -0.698. The highest BCUT2D eigenvalue weighted by Gasteiger charge is 2.39. The molecular weight excluding hydrogens is 554 g/mol. The number of carbonyl (C=O) groups is 2. The maximum atomic E-state index is 13.3. The molecule has 1 aromatic heterocycles. The zero-order valence-corrected chi connectivity index (χ0v) is 25.8. The van der Waals surface area contributed by atoms with Gasteiger partial charge in [0.05, 0.1) is 43.1 Å². The second-order valence-corrected chi connectivity index (χ2v) is 11.3. The Labute approximate surface area is 259 Å². The Kier molecular flexibility index (Phi) is 10.2. The van der Waals surface area contributed by atoms with Crippen molar-refractivity contribution >= 4 is 11.9 Å². The number of rotatable bonds is 11. The Balaban J connectivity index is 1.12. The molecule has 2 aromatic carbocycles. The highest BCUT2D eigenvalue weighted by atomic mass is 16.6. The van der Waals surface area contributed by atoms with Crippen molar-refractivity contribution in [3.8, 4) is 0 Å². The van der Waals surface area contributed by atoms with Crippen LogP contribution in [0.4, 0.5) is 0 Å². The molecule has 5 rings (SSSR count). The summed E-state index contributed by atoms with van der Waals surface area (Å²) in [4.78, 5) is 33.0. The van der Waals surface area contributed by atoms with E-state index >= 15 is 0 Å². The van der Waals surface area contributed by atoms with E-state index in [2.05, 4.69) is 75.9 Å². The molecule has 8 nitrogen and oxygen atoms in total. The van der Waals surface area contributed by atoms with Gasteiger partial charge in [-0.25, -0.2) is 9.59 Å². The molecule has 2 aliphatic rings. The zero-order chi connectivity index (χ0) is 30.9. The quantitative estimate of drug-likeness (QED) is 0.241. The first-order chi connectivity index (χ1) is 21.4. The summed E-state index contributed by atoms with van der Waals surface area (Å²) in [6, 6.07) is 27.1. The van der Waals surface area contributed by atoms with Crippen LogP contribution in [0.2, 0.25) is 0 Å². The first kappa shape index (κ1) is 31.2. The minimum absolute atomic E-state index is 0.0173. The lowest BCUT2D eigenvalue weighted by Crippen LogP contribution is -2.44. The third-order valence-electron chi connectivity index (χ3n) is 8.74. The van der Waals surface area contributed by atoms with Gasteiger partial charge in [-0.2, -0.15) is 0 Å². The van der Waals surface area contributed by atoms with Gasteiger partial charge in [0.15, 0.2) is 0 Å². The first-order valence-electron chi connectivity index (χ1n) is 15.2. The number of esters is 2. The molecule has 8 heteroatoms. The van der Waals surface area contributed by atoms with Gasteiger partial charge in [0.1, 0.15) is 6.61 Å². The molecule has 0 radical (unpaired) electrons. The van der Waals surface area contributed by atoms with Crippen LogP contribution in [0, 0.1) is 0 Å². The smallest absolute Gasteiger partial charge is 0.336 e. The van der Waals surface area contributed by atoms with Crippen molar-refractivity contribution in [1.29, 1.82) is 0 Å². The van der Waals surface area contributed by atoms with Gasteiger partial charge in [-0.15, -0.1) is 0 Å². The number of likely N-dealkylation sites (tertiary alicyclic amines) is 1. The predicted octanol–water partition coefficient (Wildman–Crippen LogP) is 5.13. The van der Waals surface area contributed by atoms with Crippen LogP contribution in [-0.4, -0.2) is 68.4 Å². The number of ether oxygens (including phenoxy) is 3. The Hall–Kier alpha value is -4.27. The SMILES string of the molecule is COC(=O)C1=C(C)NC(C)=C(C(=O)OCCOCCN2CCC(c3ccccc3)(c3ccccc3)CC2)C1c1ccccn1. The van der Waals surface area contributed by atoms with Crippen LogP contribution in [0.3, 0.4) is 0 Å². The Morgan fingerprint density at radius 3 is 1.98 bits per heavy atom. The van der Waals surface area contributed by atoms with Gasteiger partial charge >= 0.3 is 11.9 Å². The number of nitrogens with one attached hydrogen (secondary N) is 1. The molecule has 1 saturated heterocycles. The fraction of sp³-hybridized carbons (Fsp3) is 0.361. The molecule has 3 aromatic rings. The number of carbonyl (C=O) groups excluding carboxylic acids is 2. The number of hydrogen-bond acceptors (Lipinski definition) is 8. The summed E-state index contributed by atoms with van der Waals surface area (Å²) < 4.78 is 16.6. The van der Waals surface area contributed by atoms with Gasteiger partial charge in [-0.3, -0.25) is 4.98 Å². The van der Waals surface area contributed by atoms with E-state index in [1.165, 1.54) is 18.2 Å². The van der Waals surface area contributed by atoms with E-state index in [1.807, 2.05) is 6.07 Å². The van der Waals surface area contributed by atoms with Crippen molar-refractivity contribution in [1.82, 2.24) is 15.2 Å². The molecular formula is C36H41N3O5. The highest BCUT2D eigenvalue weighted by molar-refractivity contribution is 5.99.